The molecule has 0 bridgehead atoms. The van der Waals surface area contributed by atoms with Crippen molar-refractivity contribution in [3.8, 4) is 0 Å². The highest BCUT2D eigenvalue weighted by Gasteiger charge is 2.28. The third-order valence-electron chi connectivity index (χ3n) is 2.43. The predicted molar refractivity (Wildman–Crippen MR) is 58.6 cm³/mol. The van der Waals surface area contributed by atoms with E-state index < -0.39 is 10.2 Å². The molecule has 0 spiro atoms. The van der Waals surface area contributed by atoms with Crippen molar-refractivity contribution in [1.82, 2.24) is 9.03 Å². The predicted octanol–water partition coefficient (Wildman–Crippen LogP) is 0.0776. The van der Waals surface area contributed by atoms with Crippen molar-refractivity contribution in [2.45, 2.75) is 38.1 Å². The van der Waals surface area contributed by atoms with Gasteiger partial charge in [0.25, 0.3) is 10.2 Å². The van der Waals surface area contributed by atoms with Crippen LogP contribution < -0.4 is 4.72 Å². The summed E-state index contributed by atoms with van der Waals surface area (Å²) < 4.78 is 27.2. The molecular formula is C9H20N2O3S. The number of nitrogens with one attached hydrogen (secondary N) is 1. The maximum Gasteiger partial charge on any atom is 0.279 e. The molecule has 0 atom stereocenters. The van der Waals surface area contributed by atoms with E-state index in [4.69, 9.17) is 5.11 Å². The quantitative estimate of drug-likeness (QED) is 0.586. The Morgan fingerprint density at radius 2 is 2.00 bits per heavy atom. The minimum atomic E-state index is -3.26. The van der Waals surface area contributed by atoms with Gasteiger partial charge in [0.1, 0.15) is 0 Å². The highest BCUT2D eigenvalue weighted by Crippen LogP contribution is 2.20. The monoisotopic (exact) mass is 236 g/mol. The van der Waals surface area contributed by atoms with Gasteiger partial charge in [0.15, 0.2) is 0 Å². The molecule has 0 unspecified atom stereocenters. The Bertz CT molecular complexity index is 275. The fourth-order valence-corrected chi connectivity index (χ4v) is 2.45. The molecule has 0 aromatic heterocycles. The summed E-state index contributed by atoms with van der Waals surface area (Å²) in [5, 5.41) is 8.57. The number of hydrogen-bond acceptors (Lipinski definition) is 3. The maximum absolute atomic E-state index is 11.6. The van der Waals surface area contributed by atoms with E-state index in [0.717, 1.165) is 32.1 Å². The first-order valence-electron chi connectivity index (χ1n) is 5.40. The van der Waals surface area contributed by atoms with Gasteiger partial charge in [0.2, 0.25) is 0 Å². The van der Waals surface area contributed by atoms with Gasteiger partial charge in [0.05, 0.1) is 0 Å². The Labute approximate surface area is 91.7 Å². The third kappa shape index (κ3) is 4.92. The number of rotatable bonds is 8. The SMILES string of the molecule is CN(CCCCCO)S(=O)(=O)NC1CC1. The summed E-state index contributed by atoms with van der Waals surface area (Å²) in [6, 6.07) is 0.162. The molecule has 0 radical (unpaired) electrons. The Hall–Kier alpha value is -0.170. The van der Waals surface area contributed by atoms with Crippen LogP contribution in [0.1, 0.15) is 32.1 Å². The van der Waals surface area contributed by atoms with Crippen LogP contribution in [0.3, 0.4) is 0 Å². The van der Waals surface area contributed by atoms with Crippen molar-refractivity contribution in [3.05, 3.63) is 0 Å². The average molecular weight is 236 g/mol. The summed E-state index contributed by atoms with van der Waals surface area (Å²) in [6.45, 7) is 0.693. The molecule has 15 heavy (non-hydrogen) atoms. The first kappa shape index (κ1) is 12.9. The molecule has 1 rings (SSSR count). The zero-order chi connectivity index (χ0) is 11.3. The molecule has 1 saturated carbocycles. The second kappa shape index (κ2) is 5.79. The summed E-state index contributed by atoms with van der Waals surface area (Å²) in [7, 11) is -1.68. The minimum Gasteiger partial charge on any atom is -0.396 e. The van der Waals surface area contributed by atoms with Crippen LogP contribution in [-0.2, 0) is 10.2 Å². The Balaban J connectivity index is 2.21. The highest BCUT2D eigenvalue weighted by molar-refractivity contribution is 7.87. The molecule has 2 N–H and O–H groups in total. The molecule has 1 fully saturated rings. The first-order chi connectivity index (χ1) is 7.06. The van der Waals surface area contributed by atoms with Crippen LogP contribution >= 0.6 is 0 Å². The summed E-state index contributed by atoms with van der Waals surface area (Å²) in [6.07, 6.45) is 4.31. The fourth-order valence-electron chi connectivity index (χ4n) is 1.25. The summed E-state index contributed by atoms with van der Waals surface area (Å²) in [5.74, 6) is 0. The topological polar surface area (TPSA) is 69.6 Å². The van der Waals surface area contributed by atoms with Crippen molar-refractivity contribution in [2.24, 2.45) is 0 Å². The Morgan fingerprint density at radius 3 is 2.53 bits per heavy atom. The first-order valence-corrected chi connectivity index (χ1v) is 6.84. The van der Waals surface area contributed by atoms with Gasteiger partial charge in [-0.15, -0.1) is 0 Å². The van der Waals surface area contributed by atoms with E-state index in [0.29, 0.717) is 6.54 Å². The molecular weight excluding hydrogens is 216 g/mol. The molecule has 0 heterocycles. The summed E-state index contributed by atoms with van der Waals surface area (Å²) in [4.78, 5) is 0. The molecule has 1 aliphatic carbocycles. The van der Waals surface area contributed by atoms with Crippen LogP contribution in [-0.4, -0.2) is 44.1 Å². The fraction of sp³-hybridized carbons (Fsp3) is 1.00. The van der Waals surface area contributed by atoms with Crippen LogP contribution in [0.5, 0.6) is 0 Å². The highest BCUT2D eigenvalue weighted by atomic mass is 32.2. The van der Waals surface area contributed by atoms with Gasteiger partial charge in [-0.2, -0.15) is 17.4 Å². The number of unbranched alkanes of at least 4 members (excludes halogenated alkanes) is 2. The van der Waals surface area contributed by atoms with E-state index >= 15 is 0 Å². The number of nitrogens with zero attached hydrogens (tertiary/aromatic N) is 1. The minimum absolute atomic E-state index is 0.162. The third-order valence-corrected chi connectivity index (χ3v) is 4.07. The van der Waals surface area contributed by atoms with Gasteiger partial charge in [-0.3, -0.25) is 0 Å². The zero-order valence-electron chi connectivity index (χ0n) is 9.15. The number of hydrogen-bond donors (Lipinski definition) is 2. The second-order valence-corrected chi connectivity index (χ2v) is 5.81. The summed E-state index contributed by atoms with van der Waals surface area (Å²) in [5.41, 5.74) is 0. The lowest BCUT2D eigenvalue weighted by Gasteiger charge is -2.17. The lowest BCUT2D eigenvalue weighted by atomic mass is 10.2. The zero-order valence-corrected chi connectivity index (χ0v) is 9.96. The van der Waals surface area contributed by atoms with Crippen LogP contribution in [0.4, 0.5) is 0 Å². The smallest absolute Gasteiger partial charge is 0.279 e. The Kier molecular flexibility index (Phi) is 4.98. The number of aliphatic hydroxyl groups excluding tert-OH is 1. The second-order valence-electron chi connectivity index (χ2n) is 4.00. The van der Waals surface area contributed by atoms with E-state index in [2.05, 4.69) is 4.72 Å². The molecule has 0 aromatic rings. The van der Waals surface area contributed by atoms with Crippen LogP contribution in [0.15, 0.2) is 0 Å². The van der Waals surface area contributed by atoms with Crippen LogP contribution in [0.25, 0.3) is 0 Å². The van der Waals surface area contributed by atoms with Crippen molar-refractivity contribution in [2.75, 3.05) is 20.2 Å². The van der Waals surface area contributed by atoms with Gasteiger partial charge >= 0.3 is 0 Å². The van der Waals surface area contributed by atoms with Gasteiger partial charge < -0.3 is 5.11 Å². The molecule has 0 saturated heterocycles. The molecule has 90 valence electrons. The molecule has 0 aromatic carbocycles. The van der Waals surface area contributed by atoms with Crippen molar-refractivity contribution < 1.29 is 13.5 Å². The largest absolute Gasteiger partial charge is 0.396 e. The van der Waals surface area contributed by atoms with Gasteiger partial charge in [-0.25, -0.2) is 0 Å². The lowest BCUT2D eigenvalue weighted by molar-refractivity contribution is 0.281. The van der Waals surface area contributed by atoms with Crippen molar-refractivity contribution >= 4 is 10.2 Å². The lowest BCUT2D eigenvalue weighted by Crippen LogP contribution is -2.39. The van der Waals surface area contributed by atoms with E-state index in [1.807, 2.05) is 0 Å². The molecule has 6 heteroatoms. The van der Waals surface area contributed by atoms with Gasteiger partial charge in [-0.05, 0) is 32.1 Å². The Morgan fingerprint density at radius 1 is 1.33 bits per heavy atom. The van der Waals surface area contributed by atoms with Crippen LogP contribution in [0, 0.1) is 0 Å². The molecule has 5 nitrogen and oxygen atoms in total. The normalized spacial score (nSPS) is 17.3. The van der Waals surface area contributed by atoms with Crippen LogP contribution in [0.2, 0.25) is 0 Å². The standard InChI is InChI=1S/C9H20N2O3S/c1-11(7-3-2-4-8-12)15(13,14)10-9-5-6-9/h9-10,12H,2-8H2,1H3. The molecule has 1 aliphatic rings. The molecule has 0 aliphatic heterocycles. The molecule has 0 amide bonds. The van der Waals surface area contributed by atoms with Crippen molar-refractivity contribution in [1.29, 1.82) is 0 Å². The van der Waals surface area contributed by atoms with E-state index in [1.165, 1.54) is 4.31 Å². The van der Waals surface area contributed by atoms with Gasteiger partial charge in [-0.1, -0.05) is 0 Å². The summed E-state index contributed by atoms with van der Waals surface area (Å²) >= 11 is 0. The van der Waals surface area contributed by atoms with E-state index in [-0.39, 0.29) is 12.6 Å². The maximum atomic E-state index is 11.6. The van der Waals surface area contributed by atoms with Gasteiger partial charge in [0, 0.05) is 26.2 Å². The van der Waals surface area contributed by atoms with E-state index in [9.17, 15) is 8.42 Å². The van der Waals surface area contributed by atoms with E-state index in [1.54, 1.807) is 7.05 Å². The van der Waals surface area contributed by atoms with Crippen molar-refractivity contribution in [3.63, 3.8) is 0 Å². The number of aliphatic hydroxyl groups is 1. The average Bonchev–Trinajstić information content (AvgIpc) is 2.95.